The molecular weight excluding hydrogens is 210 g/mol. The van der Waals surface area contributed by atoms with Gasteiger partial charge in [0.2, 0.25) is 6.41 Å². The van der Waals surface area contributed by atoms with Crippen LogP contribution in [-0.2, 0) is 4.79 Å². The molecule has 0 unspecified atom stereocenters. The summed E-state index contributed by atoms with van der Waals surface area (Å²) in [5.74, 6) is 0. The molecule has 0 N–H and O–H groups in total. The van der Waals surface area contributed by atoms with Gasteiger partial charge in [-0.05, 0) is 23.8 Å². The summed E-state index contributed by atoms with van der Waals surface area (Å²) >= 11 is 0. The van der Waals surface area contributed by atoms with E-state index in [0.29, 0.717) is 0 Å². The number of rotatable bonds is 4. The molecule has 0 spiro atoms. The van der Waals surface area contributed by atoms with Gasteiger partial charge in [-0.3, -0.25) is 9.69 Å². The van der Waals surface area contributed by atoms with Gasteiger partial charge in [0, 0.05) is 11.9 Å². The Kier molecular flexibility index (Phi) is 3.71. The summed E-state index contributed by atoms with van der Waals surface area (Å²) in [5.41, 5.74) is 1.92. The predicted molar refractivity (Wildman–Crippen MR) is 70.5 cm³/mol. The minimum Gasteiger partial charge on any atom is -0.290 e. The van der Waals surface area contributed by atoms with Gasteiger partial charge in [-0.25, -0.2) is 0 Å². The highest BCUT2D eigenvalue weighted by molar-refractivity contribution is 5.79. The average Bonchev–Trinajstić information content (AvgIpc) is 2.42. The largest absolute Gasteiger partial charge is 0.290 e. The van der Waals surface area contributed by atoms with E-state index in [1.54, 1.807) is 11.1 Å². The van der Waals surface area contributed by atoms with Crippen LogP contribution in [-0.4, -0.2) is 6.41 Å². The summed E-state index contributed by atoms with van der Waals surface area (Å²) < 4.78 is 0. The minimum atomic E-state index is 0.800. The van der Waals surface area contributed by atoms with Crippen LogP contribution in [0.25, 0.3) is 6.08 Å². The van der Waals surface area contributed by atoms with Crippen LogP contribution < -0.4 is 4.90 Å². The number of para-hydroxylation sites is 1. The Balaban J connectivity index is 2.16. The van der Waals surface area contributed by atoms with Crippen LogP contribution in [0.2, 0.25) is 0 Å². The molecule has 84 valence electrons. The highest BCUT2D eigenvalue weighted by Crippen LogP contribution is 2.12. The molecule has 0 saturated heterocycles. The Morgan fingerprint density at radius 3 is 2.00 bits per heavy atom. The van der Waals surface area contributed by atoms with Crippen molar-refractivity contribution in [1.29, 1.82) is 0 Å². The van der Waals surface area contributed by atoms with Gasteiger partial charge in [-0.1, -0.05) is 48.5 Å². The second kappa shape index (κ2) is 5.66. The van der Waals surface area contributed by atoms with Crippen LogP contribution in [0.15, 0.2) is 66.9 Å². The van der Waals surface area contributed by atoms with Crippen molar-refractivity contribution in [1.82, 2.24) is 0 Å². The Hall–Kier alpha value is -2.35. The topological polar surface area (TPSA) is 20.3 Å². The zero-order valence-corrected chi connectivity index (χ0v) is 9.36. The first-order valence-electron chi connectivity index (χ1n) is 5.42. The molecule has 0 aromatic heterocycles. The molecule has 0 bridgehead atoms. The van der Waals surface area contributed by atoms with E-state index in [0.717, 1.165) is 17.7 Å². The minimum absolute atomic E-state index is 0.800. The molecule has 0 heterocycles. The van der Waals surface area contributed by atoms with E-state index in [9.17, 15) is 4.79 Å². The zero-order chi connectivity index (χ0) is 11.9. The second-order valence-corrected chi connectivity index (χ2v) is 3.57. The molecule has 0 aliphatic carbocycles. The number of carbonyl (C=O) groups is 1. The molecule has 2 rings (SSSR count). The quantitative estimate of drug-likeness (QED) is 0.728. The third-order valence-electron chi connectivity index (χ3n) is 2.40. The summed E-state index contributed by atoms with van der Waals surface area (Å²) in [5, 5.41) is 0. The summed E-state index contributed by atoms with van der Waals surface area (Å²) in [6.45, 7) is 0. The molecule has 1 amide bonds. The van der Waals surface area contributed by atoms with E-state index in [1.165, 1.54) is 0 Å². The maximum atomic E-state index is 11.0. The van der Waals surface area contributed by atoms with Gasteiger partial charge >= 0.3 is 0 Å². The predicted octanol–water partition coefficient (Wildman–Crippen LogP) is 3.32. The molecule has 2 aromatic carbocycles. The lowest BCUT2D eigenvalue weighted by Crippen LogP contribution is -2.12. The molecule has 0 saturated carbocycles. The summed E-state index contributed by atoms with van der Waals surface area (Å²) in [4.78, 5) is 12.6. The molecule has 0 aliphatic rings. The van der Waals surface area contributed by atoms with E-state index in [-0.39, 0.29) is 0 Å². The van der Waals surface area contributed by atoms with Crippen molar-refractivity contribution in [2.24, 2.45) is 0 Å². The van der Waals surface area contributed by atoms with Gasteiger partial charge in [0.15, 0.2) is 0 Å². The Morgan fingerprint density at radius 1 is 0.824 bits per heavy atom. The second-order valence-electron chi connectivity index (χ2n) is 3.57. The van der Waals surface area contributed by atoms with Gasteiger partial charge in [-0.2, -0.15) is 0 Å². The molecule has 2 aromatic rings. The smallest absolute Gasteiger partial charge is 0.218 e. The van der Waals surface area contributed by atoms with Crippen LogP contribution in [0.5, 0.6) is 0 Å². The van der Waals surface area contributed by atoms with Crippen molar-refractivity contribution < 1.29 is 4.79 Å². The van der Waals surface area contributed by atoms with Crippen LogP contribution >= 0.6 is 0 Å². The molecule has 0 atom stereocenters. The van der Waals surface area contributed by atoms with E-state index in [4.69, 9.17) is 0 Å². The van der Waals surface area contributed by atoms with Gasteiger partial charge < -0.3 is 0 Å². The van der Waals surface area contributed by atoms with Crippen LogP contribution in [0.1, 0.15) is 5.56 Å². The van der Waals surface area contributed by atoms with E-state index in [2.05, 4.69) is 0 Å². The van der Waals surface area contributed by atoms with Crippen molar-refractivity contribution in [3.05, 3.63) is 72.4 Å². The first-order chi connectivity index (χ1) is 8.40. The van der Waals surface area contributed by atoms with Gasteiger partial charge in [-0.15, -0.1) is 0 Å². The van der Waals surface area contributed by atoms with Crippen molar-refractivity contribution in [3.8, 4) is 0 Å². The number of anilines is 1. The summed E-state index contributed by atoms with van der Waals surface area (Å²) in [6.07, 6.45) is 4.47. The van der Waals surface area contributed by atoms with Crippen molar-refractivity contribution in [2.45, 2.75) is 0 Å². The average molecular weight is 223 g/mol. The van der Waals surface area contributed by atoms with E-state index < -0.39 is 0 Å². The third-order valence-corrected chi connectivity index (χ3v) is 2.40. The highest BCUT2D eigenvalue weighted by Gasteiger charge is 1.98. The SMILES string of the molecule is O=CN(/C=C/c1ccccc1)c1ccccc1. The third kappa shape index (κ3) is 3.05. The van der Waals surface area contributed by atoms with Gasteiger partial charge in [0.25, 0.3) is 0 Å². The number of carbonyl (C=O) groups excluding carboxylic acids is 1. The normalized spacial score (nSPS) is 10.4. The molecule has 0 aliphatic heterocycles. The maximum Gasteiger partial charge on any atom is 0.218 e. The molecule has 2 heteroatoms. The zero-order valence-electron chi connectivity index (χ0n) is 9.36. The fraction of sp³-hybridized carbons (Fsp3) is 0. The summed E-state index contributed by atoms with van der Waals surface area (Å²) in [6, 6.07) is 19.4. The van der Waals surface area contributed by atoms with Gasteiger partial charge in [0.1, 0.15) is 0 Å². The van der Waals surface area contributed by atoms with Crippen molar-refractivity contribution in [2.75, 3.05) is 4.90 Å². The molecule has 0 fully saturated rings. The number of amides is 1. The van der Waals surface area contributed by atoms with Crippen LogP contribution in [0.4, 0.5) is 5.69 Å². The van der Waals surface area contributed by atoms with Crippen LogP contribution in [0, 0.1) is 0 Å². The fourth-order valence-electron chi connectivity index (χ4n) is 1.51. The van der Waals surface area contributed by atoms with Crippen molar-refractivity contribution >= 4 is 18.2 Å². The highest BCUT2D eigenvalue weighted by atomic mass is 16.1. The lowest BCUT2D eigenvalue weighted by molar-refractivity contribution is -0.106. The Bertz CT molecular complexity index is 491. The number of hydrogen-bond acceptors (Lipinski definition) is 1. The van der Waals surface area contributed by atoms with Crippen LogP contribution in [0.3, 0.4) is 0 Å². The first-order valence-corrected chi connectivity index (χ1v) is 5.42. The Labute approximate surface area is 101 Å². The first kappa shape index (κ1) is 11.1. The number of benzene rings is 2. The fourth-order valence-corrected chi connectivity index (χ4v) is 1.51. The Morgan fingerprint density at radius 2 is 1.41 bits per heavy atom. The maximum absolute atomic E-state index is 11.0. The van der Waals surface area contributed by atoms with E-state index in [1.807, 2.05) is 66.7 Å². The molecule has 0 radical (unpaired) electrons. The number of hydrogen-bond donors (Lipinski definition) is 0. The van der Waals surface area contributed by atoms with Gasteiger partial charge in [0.05, 0.1) is 0 Å². The lowest BCUT2D eigenvalue weighted by atomic mass is 10.2. The molecule has 17 heavy (non-hydrogen) atoms. The monoisotopic (exact) mass is 223 g/mol. The number of nitrogens with zero attached hydrogens (tertiary/aromatic N) is 1. The standard InChI is InChI=1S/C15H13NO/c17-13-16(15-9-5-2-6-10-15)12-11-14-7-3-1-4-8-14/h1-13H/b12-11+. The van der Waals surface area contributed by atoms with E-state index >= 15 is 0 Å². The van der Waals surface area contributed by atoms with Crippen molar-refractivity contribution in [3.63, 3.8) is 0 Å². The molecular formula is C15H13NO. The lowest BCUT2D eigenvalue weighted by Gasteiger charge is -2.11. The molecule has 2 nitrogen and oxygen atoms in total. The summed E-state index contributed by atoms with van der Waals surface area (Å²) in [7, 11) is 0.